The van der Waals surface area contributed by atoms with Crippen LogP contribution in [0.2, 0.25) is 0 Å². The number of hydrogen-bond acceptors (Lipinski definition) is 4. The number of aryl methyl sites for hydroxylation is 1. The van der Waals surface area contributed by atoms with Crippen molar-refractivity contribution in [2.45, 2.75) is 26.0 Å². The number of thiazole rings is 1. The average molecular weight is 262 g/mol. The molecule has 2 aromatic rings. The molecule has 4 heteroatoms. The Morgan fingerprint density at radius 2 is 2.06 bits per heavy atom. The van der Waals surface area contributed by atoms with Crippen LogP contribution in [0.1, 0.15) is 34.2 Å². The average Bonchev–Trinajstić information content (AvgIpc) is 2.84. The number of nitrogens with two attached hydrogens (primary N) is 1. The van der Waals surface area contributed by atoms with Gasteiger partial charge in [0.15, 0.2) is 0 Å². The first-order valence-electron chi connectivity index (χ1n) is 6.06. The fourth-order valence-corrected chi connectivity index (χ4v) is 3.10. The minimum Gasteiger partial charge on any atom is -0.370 e. The lowest BCUT2D eigenvalue weighted by Crippen LogP contribution is -2.03. The van der Waals surface area contributed by atoms with Gasteiger partial charge < -0.3 is 10.5 Å². The van der Waals surface area contributed by atoms with E-state index in [1.54, 1.807) is 18.4 Å². The molecule has 0 aliphatic heterocycles. The first-order valence-corrected chi connectivity index (χ1v) is 6.88. The monoisotopic (exact) mass is 262 g/mol. The van der Waals surface area contributed by atoms with E-state index in [0.717, 1.165) is 27.6 Å². The summed E-state index contributed by atoms with van der Waals surface area (Å²) in [4.78, 5) is 5.82. The number of ether oxygens (including phenoxy) is 1. The van der Waals surface area contributed by atoms with Gasteiger partial charge in [0.05, 0.1) is 5.69 Å². The summed E-state index contributed by atoms with van der Waals surface area (Å²) in [5.41, 5.74) is 7.97. The van der Waals surface area contributed by atoms with E-state index in [0.29, 0.717) is 6.54 Å². The van der Waals surface area contributed by atoms with Crippen LogP contribution >= 0.6 is 11.3 Å². The van der Waals surface area contributed by atoms with E-state index >= 15 is 0 Å². The van der Waals surface area contributed by atoms with Gasteiger partial charge in [0.25, 0.3) is 0 Å². The van der Waals surface area contributed by atoms with Crippen LogP contribution in [-0.4, -0.2) is 12.1 Å². The Kier molecular flexibility index (Phi) is 4.47. The Morgan fingerprint density at radius 3 is 2.56 bits per heavy atom. The molecule has 18 heavy (non-hydrogen) atoms. The molecule has 96 valence electrons. The SMILES string of the molecule is CCc1nc(C(OC)c2ccccc2)sc1CN. The summed E-state index contributed by atoms with van der Waals surface area (Å²) in [6.07, 6.45) is 0.815. The molecule has 0 aliphatic rings. The van der Waals surface area contributed by atoms with Crippen LogP contribution in [-0.2, 0) is 17.7 Å². The molecule has 3 nitrogen and oxygen atoms in total. The lowest BCUT2D eigenvalue weighted by molar-refractivity contribution is 0.136. The van der Waals surface area contributed by atoms with Gasteiger partial charge in [0.1, 0.15) is 11.1 Å². The van der Waals surface area contributed by atoms with Gasteiger partial charge in [-0.1, -0.05) is 37.3 Å². The Morgan fingerprint density at radius 1 is 1.33 bits per heavy atom. The highest BCUT2D eigenvalue weighted by Gasteiger charge is 2.19. The minimum atomic E-state index is -0.0956. The van der Waals surface area contributed by atoms with Crippen molar-refractivity contribution in [2.75, 3.05) is 7.11 Å². The van der Waals surface area contributed by atoms with Gasteiger partial charge in [-0.15, -0.1) is 11.3 Å². The van der Waals surface area contributed by atoms with E-state index in [-0.39, 0.29) is 6.10 Å². The van der Waals surface area contributed by atoms with Crippen LogP contribution in [0, 0.1) is 0 Å². The van der Waals surface area contributed by atoms with Crippen LogP contribution in [0.5, 0.6) is 0 Å². The number of methoxy groups -OCH3 is 1. The number of hydrogen-bond donors (Lipinski definition) is 1. The summed E-state index contributed by atoms with van der Waals surface area (Å²) in [6.45, 7) is 2.65. The van der Waals surface area contributed by atoms with Crippen LogP contribution < -0.4 is 5.73 Å². The molecule has 2 N–H and O–H groups in total. The van der Waals surface area contributed by atoms with Gasteiger partial charge >= 0.3 is 0 Å². The largest absolute Gasteiger partial charge is 0.370 e. The summed E-state index contributed by atoms with van der Waals surface area (Å²) in [7, 11) is 1.72. The lowest BCUT2D eigenvalue weighted by atomic mass is 10.1. The van der Waals surface area contributed by atoms with Crippen LogP contribution in [0.4, 0.5) is 0 Å². The predicted molar refractivity (Wildman–Crippen MR) is 74.7 cm³/mol. The molecule has 1 unspecified atom stereocenters. The van der Waals surface area contributed by atoms with Crippen molar-refractivity contribution >= 4 is 11.3 Å². The summed E-state index contributed by atoms with van der Waals surface area (Å²) < 4.78 is 5.59. The maximum atomic E-state index is 5.75. The molecule has 1 heterocycles. The second-order valence-corrected chi connectivity index (χ2v) is 5.12. The Hall–Kier alpha value is -1.23. The Balaban J connectivity index is 2.36. The molecule has 1 aromatic carbocycles. The maximum absolute atomic E-state index is 5.75. The smallest absolute Gasteiger partial charge is 0.134 e. The highest BCUT2D eigenvalue weighted by molar-refractivity contribution is 7.11. The molecule has 0 aliphatic carbocycles. The van der Waals surface area contributed by atoms with E-state index in [4.69, 9.17) is 10.5 Å². The molecule has 0 radical (unpaired) electrons. The quantitative estimate of drug-likeness (QED) is 0.901. The number of benzene rings is 1. The van der Waals surface area contributed by atoms with Gasteiger partial charge in [-0.3, -0.25) is 0 Å². The third kappa shape index (κ3) is 2.61. The molecule has 0 fully saturated rings. The van der Waals surface area contributed by atoms with E-state index < -0.39 is 0 Å². The van der Waals surface area contributed by atoms with E-state index in [1.807, 2.05) is 18.2 Å². The van der Waals surface area contributed by atoms with Crippen molar-refractivity contribution < 1.29 is 4.74 Å². The summed E-state index contributed by atoms with van der Waals surface area (Å²) in [5.74, 6) is 0. The maximum Gasteiger partial charge on any atom is 0.134 e. The Labute approximate surface area is 112 Å². The van der Waals surface area contributed by atoms with Crippen LogP contribution in [0.15, 0.2) is 30.3 Å². The first-order chi connectivity index (χ1) is 8.80. The molecule has 1 atom stereocenters. The molecule has 0 saturated carbocycles. The number of rotatable bonds is 5. The van der Waals surface area contributed by atoms with Crippen LogP contribution in [0.25, 0.3) is 0 Å². The summed E-state index contributed by atoms with van der Waals surface area (Å²) in [5, 5.41) is 0.987. The molecule has 0 spiro atoms. The normalized spacial score (nSPS) is 12.6. The van der Waals surface area contributed by atoms with Crippen LogP contribution in [0.3, 0.4) is 0 Å². The topological polar surface area (TPSA) is 48.1 Å². The van der Waals surface area contributed by atoms with Gasteiger partial charge in [0.2, 0.25) is 0 Å². The third-order valence-electron chi connectivity index (χ3n) is 2.88. The van der Waals surface area contributed by atoms with E-state index in [1.165, 1.54) is 0 Å². The fraction of sp³-hybridized carbons (Fsp3) is 0.357. The highest BCUT2D eigenvalue weighted by Crippen LogP contribution is 2.30. The molecule has 0 amide bonds. The molecule has 0 bridgehead atoms. The van der Waals surface area contributed by atoms with Gasteiger partial charge in [-0.05, 0) is 12.0 Å². The minimum absolute atomic E-state index is 0.0956. The van der Waals surface area contributed by atoms with E-state index in [9.17, 15) is 0 Å². The Bertz CT molecular complexity index is 474. The summed E-state index contributed by atoms with van der Waals surface area (Å²) in [6, 6.07) is 10.1. The van der Waals surface area contributed by atoms with Crippen molar-refractivity contribution in [1.29, 1.82) is 0 Å². The zero-order chi connectivity index (χ0) is 13.0. The molecule has 1 aromatic heterocycles. The van der Waals surface area contributed by atoms with Gasteiger partial charge in [0, 0.05) is 18.5 Å². The van der Waals surface area contributed by atoms with Crippen molar-refractivity contribution in [3.63, 3.8) is 0 Å². The zero-order valence-corrected chi connectivity index (χ0v) is 11.5. The predicted octanol–water partition coefficient (Wildman–Crippen LogP) is 2.90. The van der Waals surface area contributed by atoms with Crippen molar-refractivity contribution in [3.05, 3.63) is 51.5 Å². The number of nitrogens with zero attached hydrogens (tertiary/aromatic N) is 1. The van der Waals surface area contributed by atoms with Crippen molar-refractivity contribution in [1.82, 2.24) is 4.98 Å². The highest BCUT2D eigenvalue weighted by atomic mass is 32.1. The number of aromatic nitrogens is 1. The molecule has 0 saturated heterocycles. The molecular weight excluding hydrogens is 244 g/mol. The fourth-order valence-electron chi connectivity index (χ4n) is 1.96. The molecule has 2 rings (SSSR count). The van der Waals surface area contributed by atoms with E-state index in [2.05, 4.69) is 24.0 Å². The summed E-state index contributed by atoms with van der Waals surface area (Å²) >= 11 is 1.65. The van der Waals surface area contributed by atoms with Crippen molar-refractivity contribution in [2.24, 2.45) is 5.73 Å². The van der Waals surface area contributed by atoms with Gasteiger partial charge in [-0.2, -0.15) is 0 Å². The second-order valence-electron chi connectivity index (χ2n) is 4.01. The van der Waals surface area contributed by atoms with Gasteiger partial charge in [-0.25, -0.2) is 4.98 Å². The standard InChI is InChI=1S/C14H18N2OS/c1-3-11-12(9-15)18-14(16-11)13(17-2)10-7-5-4-6-8-10/h4-8,13H,3,9,15H2,1-2H3. The zero-order valence-electron chi connectivity index (χ0n) is 10.7. The lowest BCUT2D eigenvalue weighted by Gasteiger charge is -2.12. The molecular formula is C14H18N2OS. The van der Waals surface area contributed by atoms with Crippen molar-refractivity contribution in [3.8, 4) is 0 Å². The first kappa shape index (κ1) is 13.2. The second kappa shape index (κ2) is 6.09. The third-order valence-corrected chi connectivity index (χ3v) is 4.04.